The number of esters is 1. The van der Waals surface area contributed by atoms with Gasteiger partial charge < -0.3 is 14.0 Å². The number of ether oxygens (including phenoxy) is 2. The summed E-state index contributed by atoms with van der Waals surface area (Å²) in [7, 11) is 0. The minimum absolute atomic E-state index is 0.00815. The molecule has 0 amide bonds. The predicted octanol–water partition coefficient (Wildman–Crippen LogP) is 4.45. The van der Waals surface area contributed by atoms with Gasteiger partial charge in [0.15, 0.2) is 0 Å². The van der Waals surface area contributed by atoms with Gasteiger partial charge in [-0.3, -0.25) is 0 Å². The molecule has 0 aliphatic rings. The first-order chi connectivity index (χ1) is 13.4. The zero-order valence-electron chi connectivity index (χ0n) is 15.2. The number of alkyl halides is 3. The second-order valence-electron chi connectivity index (χ2n) is 6.02. The van der Waals surface area contributed by atoms with Gasteiger partial charge in [-0.05, 0) is 24.6 Å². The number of para-hydroxylation sites is 1. The van der Waals surface area contributed by atoms with Crippen LogP contribution in [0.1, 0.15) is 28.7 Å². The van der Waals surface area contributed by atoms with E-state index in [2.05, 4.69) is 4.98 Å². The Morgan fingerprint density at radius 1 is 1.11 bits per heavy atom. The minimum Gasteiger partial charge on any atom is -0.462 e. The Kier molecular flexibility index (Phi) is 5.99. The third-order valence-corrected chi connectivity index (χ3v) is 4.10. The maximum Gasteiger partial charge on any atom is 0.449 e. The molecule has 3 aromatic rings. The van der Waals surface area contributed by atoms with Crippen molar-refractivity contribution in [3.05, 3.63) is 65.5 Å². The maximum atomic E-state index is 13.5. The molecule has 5 nitrogen and oxygen atoms in total. The molecule has 1 heterocycles. The lowest BCUT2D eigenvalue weighted by Gasteiger charge is -2.12. The van der Waals surface area contributed by atoms with Crippen LogP contribution in [0.3, 0.4) is 0 Å². The van der Waals surface area contributed by atoms with Crippen LogP contribution in [0.2, 0.25) is 0 Å². The quantitative estimate of drug-likeness (QED) is 0.440. The molecule has 0 spiro atoms. The van der Waals surface area contributed by atoms with Gasteiger partial charge in [-0.15, -0.1) is 0 Å². The van der Waals surface area contributed by atoms with E-state index in [1.165, 1.54) is 18.2 Å². The molecule has 3 rings (SSSR count). The molecule has 0 atom stereocenters. The number of fused-ring (bicyclic) bond motifs is 1. The van der Waals surface area contributed by atoms with Gasteiger partial charge in [-0.2, -0.15) is 13.2 Å². The summed E-state index contributed by atoms with van der Waals surface area (Å²) in [6.45, 7) is 2.05. The van der Waals surface area contributed by atoms with Crippen molar-refractivity contribution in [1.29, 1.82) is 0 Å². The zero-order valence-corrected chi connectivity index (χ0v) is 15.2. The number of carbonyl (C=O) groups is 1. The average Bonchev–Trinajstić information content (AvgIpc) is 3.05. The Labute approximate surface area is 159 Å². The monoisotopic (exact) mass is 392 g/mol. The number of hydrogen-bond acceptors (Lipinski definition) is 4. The smallest absolute Gasteiger partial charge is 0.449 e. The van der Waals surface area contributed by atoms with Gasteiger partial charge in [0, 0.05) is 6.54 Å². The lowest BCUT2D eigenvalue weighted by molar-refractivity contribution is -0.147. The summed E-state index contributed by atoms with van der Waals surface area (Å²) in [4.78, 5) is 15.8. The molecule has 0 unspecified atom stereocenters. The van der Waals surface area contributed by atoms with Crippen molar-refractivity contribution in [1.82, 2.24) is 9.55 Å². The SMILES string of the molecule is CCOC(=O)c1cccc2c1nc(C(F)(F)F)n2CCOCc1ccccc1. The largest absolute Gasteiger partial charge is 0.462 e. The van der Waals surface area contributed by atoms with E-state index in [-0.39, 0.29) is 36.4 Å². The average molecular weight is 392 g/mol. The summed E-state index contributed by atoms with van der Waals surface area (Å²) in [5, 5.41) is 0. The fourth-order valence-corrected chi connectivity index (χ4v) is 2.88. The Morgan fingerprint density at radius 2 is 1.86 bits per heavy atom. The van der Waals surface area contributed by atoms with Gasteiger partial charge >= 0.3 is 12.1 Å². The minimum atomic E-state index is -4.66. The van der Waals surface area contributed by atoms with E-state index in [0.717, 1.165) is 10.1 Å². The van der Waals surface area contributed by atoms with E-state index in [9.17, 15) is 18.0 Å². The number of nitrogens with zero attached hydrogens (tertiary/aromatic N) is 2. The van der Waals surface area contributed by atoms with Crippen molar-refractivity contribution in [3.63, 3.8) is 0 Å². The summed E-state index contributed by atoms with van der Waals surface area (Å²) in [5.74, 6) is -1.77. The van der Waals surface area contributed by atoms with Crippen molar-refractivity contribution >= 4 is 17.0 Å². The molecule has 1 aromatic heterocycles. The van der Waals surface area contributed by atoms with Crippen LogP contribution in [0.5, 0.6) is 0 Å². The van der Waals surface area contributed by atoms with E-state index in [0.29, 0.717) is 6.61 Å². The van der Waals surface area contributed by atoms with Crippen LogP contribution >= 0.6 is 0 Å². The first kappa shape index (κ1) is 19.9. The summed E-state index contributed by atoms with van der Waals surface area (Å²) in [6, 6.07) is 13.8. The van der Waals surface area contributed by atoms with Gasteiger partial charge in [-0.25, -0.2) is 9.78 Å². The van der Waals surface area contributed by atoms with E-state index in [1.54, 1.807) is 6.92 Å². The van der Waals surface area contributed by atoms with Gasteiger partial charge in [0.25, 0.3) is 0 Å². The van der Waals surface area contributed by atoms with Crippen LogP contribution in [0.4, 0.5) is 13.2 Å². The molecule has 0 N–H and O–H groups in total. The highest BCUT2D eigenvalue weighted by Gasteiger charge is 2.38. The van der Waals surface area contributed by atoms with Gasteiger partial charge in [0.2, 0.25) is 5.82 Å². The lowest BCUT2D eigenvalue weighted by Crippen LogP contribution is -2.17. The van der Waals surface area contributed by atoms with Crippen molar-refractivity contribution in [3.8, 4) is 0 Å². The predicted molar refractivity (Wildman–Crippen MR) is 96.8 cm³/mol. The Morgan fingerprint density at radius 3 is 2.54 bits per heavy atom. The summed E-state index contributed by atoms with van der Waals surface area (Å²) in [5.41, 5.74) is 1.12. The van der Waals surface area contributed by atoms with Gasteiger partial charge in [0.1, 0.15) is 5.52 Å². The summed E-state index contributed by atoms with van der Waals surface area (Å²) >= 11 is 0. The number of aromatic nitrogens is 2. The number of benzene rings is 2. The van der Waals surface area contributed by atoms with Crippen LogP contribution in [-0.2, 0) is 28.8 Å². The molecular formula is C20H19F3N2O3. The number of carbonyl (C=O) groups excluding carboxylic acids is 1. The first-order valence-electron chi connectivity index (χ1n) is 8.77. The molecule has 0 aliphatic carbocycles. The van der Waals surface area contributed by atoms with Crippen LogP contribution in [0.15, 0.2) is 48.5 Å². The second-order valence-corrected chi connectivity index (χ2v) is 6.02. The van der Waals surface area contributed by atoms with E-state index in [4.69, 9.17) is 9.47 Å². The van der Waals surface area contributed by atoms with Crippen molar-refractivity contribution in [2.24, 2.45) is 0 Å². The zero-order chi connectivity index (χ0) is 20.1. The topological polar surface area (TPSA) is 53.3 Å². The van der Waals surface area contributed by atoms with Crippen molar-refractivity contribution in [2.75, 3.05) is 13.2 Å². The van der Waals surface area contributed by atoms with Crippen molar-refractivity contribution in [2.45, 2.75) is 26.3 Å². The molecule has 0 saturated carbocycles. The van der Waals surface area contributed by atoms with E-state index < -0.39 is 18.0 Å². The molecule has 0 bridgehead atoms. The lowest BCUT2D eigenvalue weighted by atomic mass is 10.2. The molecule has 2 aromatic carbocycles. The second kappa shape index (κ2) is 8.43. The summed E-state index contributed by atoms with van der Waals surface area (Å²) < 4.78 is 52.0. The number of imidazole rings is 1. The third kappa shape index (κ3) is 4.33. The van der Waals surface area contributed by atoms with Crippen LogP contribution in [0, 0.1) is 0 Å². The molecule has 0 saturated heterocycles. The van der Waals surface area contributed by atoms with Crippen LogP contribution in [-0.4, -0.2) is 28.7 Å². The highest BCUT2D eigenvalue weighted by Crippen LogP contribution is 2.32. The normalized spacial score (nSPS) is 11.7. The molecule has 148 valence electrons. The highest BCUT2D eigenvalue weighted by atomic mass is 19.4. The molecule has 8 heteroatoms. The number of hydrogen-bond donors (Lipinski definition) is 0. The van der Waals surface area contributed by atoms with E-state index >= 15 is 0 Å². The number of rotatable bonds is 7. The molecule has 0 radical (unpaired) electrons. The Bertz CT molecular complexity index is 952. The highest BCUT2D eigenvalue weighted by molar-refractivity contribution is 6.02. The van der Waals surface area contributed by atoms with Crippen molar-refractivity contribution < 1.29 is 27.4 Å². The molecule has 0 aliphatic heterocycles. The molecule has 0 fully saturated rings. The van der Waals surface area contributed by atoms with Gasteiger partial charge in [0.05, 0.1) is 30.9 Å². The molecular weight excluding hydrogens is 373 g/mol. The first-order valence-corrected chi connectivity index (χ1v) is 8.77. The van der Waals surface area contributed by atoms with E-state index in [1.807, 2.05) is 30.3 Å². The van der Waals surface area contributed by atoms with Crippen LogP contribution in [0.25, 0.3) is 11.0 Å². The summed E-state index contributed by atoms with van der Waals surface area (Å²) in [6.07, 6.45) is -4.66. The third-order valence-electron chi connectivity index (χ3n) is 4.10. The standard InChI is InChI=1S/C20H19F3N2O3/c1-2-28-18(26)15-9-6-10-16-17(15)24-19(20(21,22)23)25(16)11-12-27-13-14-7-4-3-5-8-14/h3-10H,2,11-13H2,1H3. The Hall–Kier alpha value is -2.87. The Balaban J connectivity index is 1.87. The maximum absolute atomic E-state index is 13.5. The number of halogens is 3. The fraction of sp³-hybridized carbons (Fsp3) is 0.300. The van der Waals surface area contributed by atoms with Crippen LogP contribution < -0.4 is 0 Å². The van der Waals surface area contributed by atoms with Gasteiger partial charge in [-0.1, -0.05) is 36.4 Å². The molecule has 28 heavy (non-hydrogen) atoms. The fourth-order valence-electron chi connectivity index (χ4n) is 2.88.